The van der Waals surface area contributed by atoms with Crippen molar-refractivity contribution in [2.45, 2.75) is 159 Å². The Kier molecular flexibility index (Phi) is 46.1. The third-order valence-corrected chi connectivity index (χ3v) is 11.9. The van der Waals surface area contributed by atoms with Crippen LogP contribution in [0, 0.1) is 20.8 Å². The fourth-order valence-electron chi connectivity index (χ4n) is 8.35. The van der Waals surface area contributed by atoms with Crippen molar-refractivity contribution in [3.05, 3.63) is 271 Å². The van der Waals surface area contributed by atoms with Crippen LogP contribution in [-0.2, 0) is 0 Å². The Labute approximate surface area is 515 Å². The summed E-state index contributed by atoms with van der Waals surface area (Å²) in [6.07, 6.45) is 0. The van der Waals surface area contributed by atoms with Crippen molar-refractivity contribution in [1.29, 1.82) is 0 Å². The predicted octanol–water partition coefficient (Wildman–Crippen LogP) is 27.7. The van der Waals surface area contributed by atoms with E-state index in [9.17, 15) is 0 Å². The van der Waals surface area contributed by atoms with Gasteiger partial charge in [-0.25, -0.2) is 0 Å². The zero-order chi connectivity index (χ0) is 63.7. The smallest absolute Gasteiger partial charge is 0.0541 e. The molecule has 1 heteroatoms. The number of hydrogen-bond donors (Lipinski definition) is 0. The van der Waals surface area contributed by atoms with Crippen LogP contribution in [0.3, 0.4) is 0 Å². The van der Waals surface area contributed by atoms with Crippen LogP contribution in [0.4, 0.5) is 0 Å². The van der Waals surface area contributed by atoms with Gasteiger partial charge in [-0.1, -0.05) is 380 Å². The van der Waals surface area contributed by atoms with Crippen molar-refractivity contribution >= 4 is 21.8 Å². The molecule has 0 aliphatic rings. The molecule has 11 aromatic rings. The van der Waals surface area contributed by atoms with Crippen LogP contribution in [0.2, 0.25) is 0 Å². The van der Waals surface area contributed by atoms with E-state index in [4.69, 9.17) is 0 Å². The topological polar surface area (TPSA) is 4.93 Å². The van der Waals surface area contributed by atoms with Gasteiger partial charge in [0.1, 0.15) is 0 Å². The summed E-state index contributed by atoms with van der Waals surface area (Å²) in [7, 11) is 0. The molecule has 0 radical (unpaired) electrons. The Hall–Kier alpha value is -8.00. The maximum atomic E-state index is 2.35. The van der Waals surface area contributed by atoms with Gasteiger partial charge in [-0.3, -0.25) is 0 Å². The molecular formula is C83H111N. The SMILES string of the molecule is CC.CC.CC.CC.CC.CC.CC.CC.CC.CC.Cc1ccc(-c2ccc(-c3ccccc3)cc2)cc1.Cc1ccc(-c2ccc(-n3c4ccccc4c4ccccc43)cc2)cc1.Cc1ccccc1-c1ccc(-c2ccccc2)cc1. The number of aryl methyl sites for hydroxylation is 3. The minimum atomic E-state index is 1.19. The van der Waals surface area contributed by atoms with E-state index in [-0.39, 0.29) is 0 Å². The van der Waals surface area contributed by atoms with Gasteiger partial charge in [0.25, 0.3) is 0 Å². The number of hydrogen-bond acceptors (Lipinski definition) is 0. The normalized spacial score (nSPS) is 8.89. The van der Waals surface area contributed by atoms with Gasteiger partial charge in [-0.05, 0) is 106 Å². The van der Waals surface area contributed by atoms with Crippen molar-refractivity contribution < 1.29 is 0 Å². The standard InChI is InChI=1S/C25H19N.2C19H16.10C2H6/c1-18-10-12-19(13-11-18)20-14-16-21(17-15-20)26-24-8-4-2-6-22(24)23-7-3-5-9-25(23)26;1-15-7-5-6-10-19(15)18-13-11-17(12-14-18)16-8-3-2-4-9-16;1-15-7-9-17(10-8-15)19-13-11-18(12-14-19)16-5-3-2-4-6-16;10*1-2/h2-17H,1H3;2*2-14H,1H3;10*1-2H3. The highest BCUT2D eigenvalue weighted by Crippen LogP contribution is 2.33. The van der Waals surface area contributed by atoms with Gasteiger partial charge < -0.3 is 4.57 Å². The van der Waals surface area contributed by atoms with E-state index in [1.165, 1.54) is 99.8 Å². The first-order chi connectivity index (χ1) is 41.5. The van der Waals surface area contributed by atoms with E-state index in [0.29, 0.717) is 0 Å². The van der Waals surface area contributed by atoms with Crippen molar-refractivity contribution in [1.82, 2.24) is 4.57 Å². The molecule has 0 aliphatic heterocycles. The molecule has 0 saturated carbocycles. The molecule has 84 heavy (non-hydrogen) atoms. The van der Waals surface area contributed by atoms with Gasteiger partial charge in [0.05, 0.1) is 11.0 Å². The second-order valence-electron chi connectivity index (χ2n) is 16.4. The molecule has 448 valence electrons. The Morgan fingerprint density at radius 1 is 0.190 bits per heavy atom. The summed E-state index contributed by atoms with van der Waals surface area (Å²) >= 11 is 0. The lowest BCUT2D eigenvalue weighted by Crippen LogP contribution is -1.93. The minimum Gasteiger partial charge on any atom is -0.309 e. The molecule has 0 atom stereocenters. The van der Waals surface area contributed by atoms with E-state index < -0.39 is 0 Å². The molecule has 1 aromatic heterocycles. The molecular weight excluding hydrogens is 1010 g/mol. The summed E-state index contributed by atoms with van der Waals surface area (Å²) in [5.41, 5.74) is 20.2. The maximum absolute atomic E-state index is 2.35. The molecule has 0 saturated heterocycles. The lowest BCUT2D eigenvalue weighted by molar-refractivity contribution is 1.18. The van der Waals surface area contributed by atoms with E-state index in [2.05, 4.69) is 268 Å². The van der Waals surface area contributed by atoms with Crippen LogP contribution in [0.1, 0.15) is 155 Å². The lowest BCUT2D eigenvalue weighted by atomic mass is 9.98. The number of para-hydroxylation sites is 2. The largest absolute Gasteiger partial charge is 0.309 e. The number of aromatic nitrogens is 1. The molecule has 1 heterocycles. The zero-order valence-corrected chi connectivity index (χ0v) is 56.7. The second-order valence-corrected chi connectivity index (χ2v) is 16.4. The Balaban J connectivity index is 0. The summed E-state index contributed by atoms with van der Waals surface area (Å²) in [4.78, 5) is 0. The first-order valence-electron chi connectivity index (χ1n) is 32.1. The molecule has 10 aromatic carbocycles. The number of rotatable bonds is 6. The first kappa shape index (κ1) is 78.1. The van der Waals surface area contributed by atoms with Gasteiger partial charge >= 0.3 is 0 Å². The van der Waals surface area contributed by atoms with Gasteiger partial charge in [-0.2, -0.15) is 0 Å². The monoisotopic (exact) mass is 1120 g/mol. The van der Waals surface area contributed by atoms with Crippen molar-refractivity contribution in [2.75, 3.05) is 0 Å². The van der Waals surface area contributed by atoms with Crippen LogP contribution in [0.5, 0.6) is 0 Å². The van der Waals surface area contributed by atoms with Gasteiger partial charge in [-0.15, -0.1) is 0 Å². The Morgan fingerprint density at radius 2 is 0.417 bits per heavy atom. The molecule has 11 rings (SSSR count). The summed E-state index contributed by atoms with van der Waals surface area (Å²) in [5, 5.41) is 2.59. The highest BCUT2D eigenvalue weighted by molar-refractivity contribution is 6.09. The Morgan fingerprint density at radius 3 is 0.726 bits per heavy atom. The third-order valence-electron chi connectivity index (χ3n) is 11.9. The fourth-order valence-corrected chi connectivity index (χ4v) is 8.35. The highest BCUT2D eigenvalue weighted by atomic mass is 15.0. The van der Waals surface area contributed by atoms with Gasteiger partial charge in [0, 0.05) is 16.5 Å². The first-order valence-corrected chi connectivity index (χ1v) is 32.1. The highest BCUT2D eigenvalue weighted by Gasteiger charge is 2.11. The predicted molar refractivity (Wildman–Crippen MR) is 389 cm³/mol. The number of nitrogens with zero attached hydrogens (tertiary/aromatic N) is 1. The lowest BCUT2D eigenvalue weighted by Gasteiger charge is -2.09. The summed E-state index contributed by atoms with van der Waals surface area (Å²) in [6.45, 7) is 46.4. The quantitative estimate of drug-likeness (QED) is 0.156. The third kappa shape index (κ3) is 24.4. The molecule has 0 fully saturated rings. The second kappa shape index (κ2) is 49.6. The minimum absolute atomic E-state index is 1.19. The van der Waals surface area contributed by atoms with Gasteiger partial charge in [0.15, 0.2) is 0 Å². The zero-order valence-electron chi connectivity index (χ0n) is 56.7. The molecule has 0 unspecified atom stereocenters. The van der Waals surface area contributed by atoms with Crippen molar-refractivity contribution in [3.8, 4) is 61.3 Å². The summed E-state index contributed by atoms with van der Waals surface area (Å²) in [6, 6.07) is 90.4. The van der Waals surface area contributed by atoms with Crippen LogP contribution < -0.4 is 0 Å². The van der Waals surface area contributed by atoms with E-state index in [1.807, 2.05) is 151 Å². The fraction of sp³-hybridized carbons (Fsp3) is 0.277. The molecule has 0 bridgehead atoms. The molecule has 0 N–H and O–H groups in total. The average Bonchev–Trinajstić information content (AvgIpc) is 3.82. The summed E-state index contributed by atoms with van der Waals surface area (Å²) in [5.74, 6) is 0. The molecule has 0 amide bonds. The molecule has 0 spiro atoms. The number of fused-ring (bicyclic) bond motifs is 3. The van der Waals surface area contributed by atoms with Crippen LogP contribution in [0.25, 0.3) is 83.1 Å². The maximum Gasteiger partial charge on any atom is 0.0541 e. The van der Waals surface area contributed by atoms with Crippen molar-refractivity contribution in [2.24, 2.45) is 0 Å². The molecule has 1 nitrogen and oxygen atoms in total. The summed E-state index contributed by atoms with van der Waals surface area (Å²) < 4.78 is 2.35. The molecule has 0 aliphatic carbocycles. The van der Waals surface area contributed by atoms with Crippen LogP contribution in [-0.4, -0.2) is 4.57 Å². The van der Waals surface area contributed by atoms with Crippen LogP contribution in [0.15, 0.2) is 255 Å². The van der Waals surface area contributed by atoms with Crippen LogP contribution >= 0.6 is 0 Å². The van der Waals surface area contributed by atoms with E-state index in [1.54, 1.807) is 0 Å². The van der Waals surface area contributed by atoms with E-state index in [0.717, 1.165) is 0 Å². The van der Waals surface area contributed by atoms with Gasteiger partial charge in [0.2, 0.25) is 0 Å². The number of benzene rings is 10. The average molecular weight is 1120 g/mol. The Bertz CT molecular complexity index is 3160. The van der Waals surface area contributed by atoms with E-state index >= 15 is 0 Å². The van der Waals surface area contributed by atoms with Crippen molar-refractivity contribution in [3.63, 3.8) is 0 Å².